The Kier molecular flexibility index (Phi) is 9.28. The van der Waals surface area contributed by atoms with Crippen molar-refractivity contribution in [2.24, 2.45) is 0 Å². The van der Waals surface area contributed by atoms with Crippen LogP contribution < -0.4 is 0 Å². The van der Waals surface area contributed by atoms with Crippen molar-refractivity contribution >= 4 is 88.9 Å². The highest BCUT2D eigenvalue weighted by atomic mass is 14.2. The Morgan fingerprint density at radius 1 is 0.203 bits per heavy atom. The lowest BCUT2D eigenvalue weighted by Crippen LogP contribution is -1.94. The van der Waals surface area contributed by atoms with Gasteiger partial charge in [0.05, 0.1) is 0 Å². The molecular weight excluding hydrogens is 769 g/mol. The molecule has 64 heavy (non-hydrogen) atoms. The largest absolute Gasteiger partial charge is 0.0622 e. The van der Waals surface area contributed by atoms with Crippen molar-refractivity contribution in [3.8, 4) is 33.4 Å². The van der Waals surface area contributed by atoms with Crippen LogP contribution in [0.2, 0.25) is 0 Å². The molecule has 0 fully saturated rings. The van der Waals surface area contributed by atoms with Gasteiger partial charge in [-0.3, -0.25) is 0 Å². The molecule has 0 spiro atoms. The summed E-state index contributed by atoms with van der Waals surface area (Å²) >= 11 is 0. The third-order valence-electron chi connectivity index (χ3n) is 13.0. The predicted octanol–water partition coefficient (Wildman–Crippen LogP) is 17.9. The average molecular weight is 811 g/mol. The summed E-state index contributed by atoms with van der Waals surface area (Å²) in [6.45, 7) is 0. The smallest absolute Gasteiger partial charge is 0.00259 e. The Bertz CT molecular complexity index is 3450. The molecule has 0 aromatic heterocycles. The van der Waals surface area contributed by atoms with Crippen LogP contribution in [0.4, 0.5) is 0 Å². The van der Waals surface area contributed by atoms with Crippen LogP contribution in [0.1, 0.15) is 22.3 Å². The zero-order chi connectivity index (χ0) is 42.4. The van der Waals surface area contributed by atoms with Gasteiger partial charge in [0, 0.05) is 0 Å². The molecule has 0 nitrogen and oxygen atoms in total. The summed E-state index contributed by atoms with van der Waals surface area (Å²) in [4.78, 5) is 0. The predicted molar refractivity (Wildman–Crippen MR) is 279 cm³/mol. The second-order valence-electron chi connectivity index (χ2n) is 16.7. The minimum absolute atomic E-state index is 1.18. The molecule has 298 valence electrons. The molecule has 0 amide bonds. The van der Waals surface area contributed by atoms with Crippen LogP contribution in [-0.4, -0.2) is 0 Å². The first kappa shape index (κ1) is 37.4. The van der Waals surface area contributed by atoms with Crippen LogP contribution in [0.3, 0.4) is 0 Å². The summed E-state index contributed by atoms with van der Waals surface area (Å²) in [7, 11) is 0. The maximum Gasteiger partial charge on any atom is -0.00259 e. The Labute approximate surface area is 373 Å². The van der Waals surface area contributed by atoms with E-state index in [1.165, 1.54) is 120 Å². The van der Waals surface area contributed by atoms with Gasteiger partial charge in [-0.25, -0.2) is 0 Å². The molecule has 0 saturated carbocycles. The highest BCUT2D eigenvalue weighted by molar-refractivity contribution is 6.22. The highest BCUT2D eigenvalue weighted by Crippen LogP contribution is 2.47. The Balaban J connectivity index is 1.20. The monoisotopic (exact) mass is 810 g/mol. The van der Waals surface area contributed by atoms with Gasteiger partial charge in [0.2, 0.25) is 0 Å². The van der Waals surface area contributed by atoms with Crippen LogP contribution in [0.5, 0.6) is 0 Å². The van der Waals surface area contributed by atoms with E-state index in [2.05, 4.69) is 255 Å². The first-order valence-corrected chi connectivity index (χ1v) is 22.2. The standard InChI is InChI=1S/C64H42/c1-3-19-43(20-4-1)35-37-56-52-27-11-15-31-58(52)63(59-32-16-12-28-53(56)59)48-40-47(62-50-25-9-7-23-45(50)39-46-24-8-10-26-51(46)62)41-49(42-48)64-60-33-17-13-29-54(60)57(55-30-14-18-34-61(55)64)38-36-44-21-5-2-6-22-44/h1-42H. The molecule has 0 aliphatic carbocycles. The summed E-state index contributed by atoms with van der Waals surface area (Å²) in [5.41, 5.74) is 12.1. The van der Waals surface area contributed by atoms with Crippen molar-refractivity contribution in [3.63, 3.8) is 0 Å². The SMILES string of the molecule is C(=Cc1c2ccccc2c(-c2cc(-c3c4ccccc4cc4ccccc34)cc(-c3c4ccccc4c(C=Cc4ccccc4)c4ccccc34)c2)c2ccccc12)c1ccccc1. The minimum Gasteiger partial charge on any atom is -0.0622 e. The van der Waals surface area contributed by atoms with E-state index in [4.69, 9.17) is 0 Å². The second-order valence-corrected chi connectivity index (χ2v) is 16.7. The molecule has 0 bridgehead atoms. The zero-order valence-corrected chi connectivity index (χ0v) is 35.2. The maximum absolute atomic E-state index is 2.47. The number of fused-ring (bicyclic) bond motifs is 6. The molecule has 0 heterocycles. The van der Waals surface area contributed by atoms with Crippen LogP contribution in [0.25, 0.3) is 122 Å². The number of hydrogen-bond donors (Lipinski definition) is 0. The molecule has 0 radical (unpaired) electrons. The van der Waals surface area contributed by atoms with Crippen molar-refractivity contribution in [1.29, 1.82) is 0 Å². The number of rotatable bonds is 7. The van der Waals surface area contributed by atoms with Gasteiger partial charge < -0.3 is 0 Å². The molecular formula is C64H42. The summed E-state index contributed by atoms with van der Waals surface area (Å²) in [6, 6.07) is 84.6. The van der Waals surface area contributed by atoms with E-state index in [1.807, 2.05) is 0 Å². The number of benzene rings is 12. The van der Waals surface area contributed by atoms with Crippen molar-refractivity contribution in [2.45, 2.75) is 0 Å². The van der Waals surface area contributed by atoms with Gasteiger partial charge in [0.1, 0.15) is 0 Å². The topological polar surface area (TPSA) is 0 Å². The quantitative estimate of drug-likeness (QED) is 0.111. The van der Waals surface area contributed by atoms with Crippen molar-refractivity contribution in [3.05, 3.63) is 253 Å². The molecule has 12 rings (SSSR count). The van der Waals surface area contributed by atoms with E-state index in [9.17, 15) is 0 Å². The Morgan fingerprint density at radius 2 is 0.469 bits per heavy atom. The number of hydrogen-bond acceptors (Lipinski definition) is 0. The van der Waals surface area contributed by atoms with E-state index >= 15 is 0 Å². The fourth-order valence-corrected chi connectivity index (χ4v) is 10.2. The summed E-state index contributed by atoms with van der Waals surface area (Å²) < 4.78 is 0. The molecule has 0 N–H and O–H groups in total. The van der Waals surface area contributed by atoms with E-state index in [-0.39, 0.29) is 0 Å². The van der Waals surface area contributed by atoms with Gasteiger partial charge in [-0.1, -0.05) is 231 Å². The Hall–Kier alpha value is -8.32. The van der Waals surface area contributed by atoms with Gasteiger partial charge in [0.15, 0.2) is 0 Å². The lowest BCUT2D eigenvalue weighted by Gasteiger charge is -2.21. The molecule has 12 aromatic carbocycles. The third kappa shape index (κ3) is 6.48. The van der Waals surface area contributed by atoms with Gasteiger partial charge in [-0.2, -0.15) is 0 Å². The molecule has 0 aliphatic heterocycles. The fraction of sp³-hybridized carbons (Fsp3) is 0. The van der Waals surface area contributed by atoms with Gasteiger partial charge in [0.25, 0.3) is 0 Å². The lowest BCUT2D eigenvalue weighted by molar-refractivity contribution is 1.63. The zero-order valence-electron chi connectivity index (χ0n) is 35.2. The first-order valence-electron chi connectivity index (χ1n) is 22.2. The van der Waals surface area contributed by atoms with Crippen molar-refractivity contribution < 1.29 is 0 Å². The van der Waals surface area contributed by atoms with E-state index in [0.717, 1.165) is 0 Å². The van der Waals surface area contributed by atoms with Crippen LogP contribution in [0, 0.1) is 0 Å². The third-order valence-corrected chi connectivity index (χ3v) is 13.0. The van der Waals surface area contributed by atoms with Crippen LogP contribution in [-0.2, 0) is 0 Å². The molecule has 12 aromatic rings. The van der Waals surface area contributed by atoms with Gasteiger partial charge in [-0.05, 0) is 145 Å². The summed E-state index contributed by atoms with van der Waals surface area (Å²) in [6.07, 6.45) is 9.10. The first-order chi connectivity index (χ1) is 31.8. The maximum atomic E-state index is 2.47. The van der Waals surface area contributed by atoms with Crippen molar-refractivity contribution in [2.75, 3.05) is 0 Å². The molecule has 0 saturated heterocycles. The lowest BCUT2D eigenvalue weighted by atomic mass is 9.82. The molecule has 0 unspecified atom stereocenters. The van der Waals surface area contributed by atoms with Gasteiger partial charge in [-0.15, -0.1) is 0 Å². The average Bonchev–Trinajstić information content (AvgIpc) is 3.36. The van der Waals surface area contributed by atoms with Crippen molar-refractivity contribution in [1.82, 2.24) is 0 Å². The summed E-state index contributed by atoms with van der Waals surface area (Å²) in [5, 5.41) is 14.8. The van der Waals surface area contributed by atoms with E-state index in [1.54, 1.807) is 0 Å². The minimum atomic E-state index is 1.18. The molecule has 0 atom stereocenters. The van der Waals surface area contributed by atoms with E-state index < -0.39 is 0 Å². The Morgan fingerprint density at radius 3 is 0.812 bits per heavy atom. The van der Waals surface area contributed by atoms with Gasteiger partial charge >= 0.3 is 0 Å². The summed E-state index contributed by atoms with van der Waals surface area (Å²) in [5.74, 6) is 0. The van der Waals surface area contributed by atoms with E-state index in [0.29, 0.717) is 0 Å². The fourth-order valence-electron chi connectivity index (χ4n) is 10.2. The van der Waals surface area contributed by atoms with Crippen LogP contribution >= 0.6 is 0 Å². The van der Waals surface area contributed by atoms with Crippen LogP contribution in [0.15, 0.2) is 231 Å². The molecule has 0 aliphatic rings. The normalized spacial score (nSPS) is 11.9. The molecule has 0 heteroatoms. The highest BCUT2D eigenvalue weighted by Gasteiger charge is 2.21. The second kappa shape index (κ2) is 15.9.